The zero-order valence-electron chi connectivity index (χ0n) is 14.5. The Hall–Kier alpha value is -3.15. The first kappa shape index (κ1) is 16.3. The molecule has 2 aromatic heterocycles. The molecule has 5 nitrogen and oxygen atoms in total. The predicted molar refractivity (Wildman–Crippen MR) is 99.5 cm³/mol. The van der Waals surface area contributed by atoms with Crippen molar-refractivity contribution >= 4 is 17.3 Å². The summed E-state index contributed by atoms with van der Waals surface area (Å²) in [6.07, 6.45) is 6.25. The number of hydrogen-bond acceptors (Lipinski definition) is 3. The van der Waals surface area contributed by atoms with E-state index in [0.717, 1.165) is 24.3 Å². The van der Waals surface area contributed by atoms with E-state index >= 15 is 0 Å². The van der Waals surface area contributed by atoms with Crippen LogP contribution in [0.2, 0.25) is 0 Å². The van der Waals surface area contributed by atoms with Crippen molar-refractivity contribution in [2.24, 2.45) is 0 Å². The molecule has 0 saturated heterocycles. The first-order chi connectivity index (χ1) is 12.6. The molecule has 0 bridgehead atoms. The molecule has 132 valence electrons. The molecule has 4 rings (SSSR count). The van der Waals surface area contributed by atoms with Crippen molar-refractivity contribution in [3.05, 3.63) is 72.6 Å². The van der Waals surface area contributed by atoms with Crippen molar-refractivity contribution in [3.8, 4) is 5.69 Å². The summed E-state index contributed by atoms with van der Waals surface area (Å²) in [7, 11) is 1.95. The summed E-state index contributed by atoms with van der Waals surface area (Å²) in [6.45, 7) is 1.33. The smallest absolute Gasteiger partial charge is 0.277 e. The van der Waals surface area contributed by atoms with Crippen molar-refractivity contribution in [1.82, 2.24) is 9.55 Å². The molecule has 0 radical (unpaired) electrons. The molecule has 0 atom stereocenters. The molecule has 26 heavy (non-hydrogen) atoms. The number of carbonyl (C=O) groups is 1. The van der Waals surface area contributed by atoms with Crippen LogP contribution in [0, 0.1) is 5.82 Å². The van der Waals surface area contributed by atoms with Gasteiger partial charge in [0.05, 0.1) is 11.4 Å². The maximum atomic E-state index is 13.9. The normalized spacial score (nSPS) is 14.1. The monoisotopic (exact) mass is 350 g/mol. The zero-order valence-corrected chi connectivity index (χ0v) is 14.5. The third kappa shape index (κ3) is 2.94. The van der Waals surface area contributed by atoms with Gasteiger partial charge in [0.15, 0.2) is 0 Å². The van der Waals surface area contributed by atoms with E-state index in [4.69, 9.17) is 0 Å². The van der Waals surface area contributed by atoms with Gasteiger partial charge < -0.3 is 14.4 Å². The SMILES string of the molecule is CN1CCCN(C(=O)c2cc(-n3cccc3)ccn2)c2cc(F)ccc21. The highest BCUT2D eigenvalue weighted by atomic mass is 19.1. The van der Waals surface area contributed by atoms with E-state index in [1.54, 1.807) is 23.2 Å². The second-order valence-electron chi connectivity index (χ2n) is 6.35. The largest absolute Gasteiger partial charge is 0.373 e. The van der Waals surface area contributed by atoms with Crippen LogP contribution in [0.5, 0.6) is 0 Å². The molecule has 0 fully saturated rings. The fourth-order valence-electron chi connectivity index (χ4n) is 3.30. The Morgan fingerprint density at radius 1 is 1.08 bits per heavy atom. The summed E-state index contributed by atoms with van der Waals surface area (Å²) in [4.78, 5) is 21.1. The molecule has 1 amide bonds. The highest BCUT2D eigenvalue weighted by Gasteiger charge is 2.25. The third-order valence-corrected chi connectivity index (χ3v) is 4.63. The van der Waals surface area contributed by atoms with Crippen LogP contribution in [0.15, 0.2) is 61.1 Å². The second kappa shape index (κ2) is 6.63. The van der Waals surface area contributed by atoms with Gasteiger partial charge in [0.25, 0.3) is 5.91 Å². The lowest BCUT2D eigenvalue weighted by atomic mass is 10.2. The standard InChI is InChI=1S/C20H19FN4O/c1-23-9-4-12-25(19-13-15(21)5-6-18(19)23)20(26)17-14-16(7-8-22-17)24-10-2-3-11-24/h2-3,5-8,10-11,13-14H,4,9,12H2,1H3. The van der Waals surface area contributed by atoms with E-state index in [9.17, 15) is 9.18 Å². The van der Waals surface area contributed by atoms with Gasteiger partial charge in [0.1, 0.15) is 11.5 Å². The van der Waals surface area contributed by atoms with Crippen LogP contribution in [-0.4, -0.2) is 35.6 Å². The van der Waals surface area contributed by atoms with Gasteiger partial charge in [-0.1, -0.05) is 0 Å². The minimum Gasteiger partial charge on any atom is -0.373 e. The van der Waals surface area contributed by atoms with E-state index < -0.39 is 0 Å². The summed E-state index contributed by atoms with van der Waals surface area (Å²) in [5.41, 5.74) is 2.64. The molecule has 0 unspecified atom stereocenters. The predicted octanol–water partition coefficient (Wildman–Crippen LogP) is 3.50. The number of carbonyl (C=O) groups excluding carboxylic acids is 1. The molecule has 0 aliphatic carbocycles. The Morgan fingerprint density at radius 3 is 2.69 bits per heavy atom. The maximum absolute atomic E-state index is 13.9. The molecule has 0 spiro atoms. The lowest BCUT2D eigenvalue weighted by molar-refractivity contribution is 0.0982. The third-order valence-electron chi connectivity index (χ3n) is 4.63. The van der Waals surface area contributed by atoms with Crippen molar-refractivity contribution in [2.75, 3.05) is 29.9 Å². The van der Waals surface area contributed by atoms with Crippen LogP contribution >= 0.6 is 0 Å². The number of halogens is 1. The van der Waals surface area contributed by atoms with Crippen LogP contribution in [0.1, 0.15) is 16.9 Å². The number of pyridine rings is 1. The fraction of sp³-hybridized carbons (Fsp3) is 0.200. The van der Waals surface area contributed by atoms with E-state index in [-0.39, 0.29) is 11.7 Å². The molecule has 6 heteroatoms. The van der Waals surface area contributed by atoms with Crippen molar-refractivity contribution < 1.29 is 9.18 Å². The maximum Gasteiger partial charge on any atom is 0.277 e. The fourth-order valence-corrected chi connectivity index (χ4v) is 3.30. The Labute approximate surface area is 151 Å². The molecule has 0 N–H and O–H groups in total. The minimum absolute atomic E-state index is 0.221. The Morgan fingerprint density at radius 2 is 1.88 bits per heavy atom. The topological polar surface area (TPSA) is 41.4 Å². The van der Waals surface area contributed by atoms with Crippen molar-refractivity contribution in [2.45, 2.75) is 6.42 Å². The lowest BCUT2D eigenvalue weighted by Crippen LogP contribution is -2.32. The van der Waals surface area contributed by atoms with Gasteiger partial charge in [-0.15, -0.1) is 0 Å². The number of fused-ring (bicyclic) bond motifs is 1. The molecule has 1 aliphatic heterocycles. The number of benzene rings is 1. The second-order valence-corrected chi connectivity index (χ2v) is 6.35. The minimum atomic E-state index is -0.356. The first-order valence-corrected chi connectivity index (χ1v) is 8.55. The summed E-state index contributed by atoms with van der Waals surface area (Å²) in [5.74, 6) is -0.577. The summed E-state index contributed by atoms with van der Waals surface area (Å²) in [6, 6.07) is 12.0. The molecule has 0 saturated carbocycles. The van der Waals surface area contributed by atoms with Crippen LogP contribution in [-0.2, 0) is 0 Å². The van der Waals surface area contributed by atoms with Gasteiger partial charge in [0, 0.05) is 44.4 Å². The molecule has 1 aromatic carbocycles. The lowest BCUT2D eigenvalue weighted by Gasteiger charge is -2.24. The Bertz CT molecular complexity index is 939. The average molecular weight is 350 g/mol. The average Bonchev–Trinajstić information content (AvgIpc) is 3.14. The number of rotatable bonds is 2. The number of nitrogens with zero attached hydrogens (tertiary/aromatic N) is 4. The van der Waals surface area contributed by atoms with Gasteiger partial charge in [-0.05, 0) is 48.9 Å². The summed E-state index contributed by atoms with van der Waals surface area (Å²) < 4.78 is 15.8. The van der Waals surface area contributed by atoms with Crippen molar-refractivity contribution in [3.63, 3.8) is 0 Å². The molecular weight excluding hydrogens is 331 g/mol. The summed E-state index contributed by atoms with van der Waals surface area (Å²) in [5, 5.41) is 0. The van der Waals surface area contributed by atoms with Crippen LogP contribution in [0.3, 0.4) is 0 Å². The van der Waals surface area contributed by atoms with E-state index in [1.165, 1.54) is 12.1 Å². The van der Waals surface area contributed by atoms with Gasteiger partial charge in [-0.3, -0.25) is 9.78 Å². The molecule has 1 aliphatic rings. The molecule has 3 heterocycles. The van der Waals surface area contributed by atoms with Crippen molar-refractivity contribution in [1.29, 1.82) is 0 Å². The Balaban J connectivity index is 1.74. The number of aromatic nitrogens is 2. The van der Waals surface area contributed by atoms with Gasteiger partial charge in [-0.25, -0.2) is 4.39 Å². The highest BCUT2D eigenvalue weighted by Crippen LogP contribution is 2.33. The molecular formula is C20H19FN4O. The molecule has 3 aromatic rings. The van der Waals surface area contributed by atoms with E-state index in [0.29, 0.717) is 17.9 Å². The summed E-state index contributed by atoms with van der Waals surface area (Å²) >= 11 is 0. The van der Waals surface area contributed by atoms with Crippen LogP contribution in [0.25, 0.3) is 5.69 Å². The number of amides is 1. The van der Waals surface area contributed by atoms with Crippen LogP contribution in [0.4, 0.5) is 15.8 Å². The zero-order chi connectivity index (χ0) is 18.1. The van der Waals surface area contributed by atoms with Gasteiger partial charge >= 0.3 is 0 Å². The van der Waals surface area contributed by atoms with E-state index in [2.05, 4.69) is 4.98 Å². The van der Waals surface area contributed by atoms with Gasteiger partial charge in [0.2, 0.25) is 0 Å². The van der Waals surface area contributed by atoms with Gasteiger partial charge in [-0.2, -0.15) is 0 Å². The first-order valence-electron chi connectivity index (χ1n) is 8.55. The van der Waals surface area contributed by atoms with Crippen LogP contribution < -0.4 is 9.80 Å². The highest BCUT2D eigenvalue weighted by molar-refractivity contribution is 6.07. The Kier molecular flexibility index (Phi) is 4.16. The number of hydrogen-bond donors (Lipinski definition) is 0. The van der Waals surface area contributed by atoms with E-state index in [1.807, 2.05) is 47.1 Å². The quantitative estimate of drug-likeness (QED) is 0.710. The number of anilines is 2.